The second kappa shape index (κ2) is 4.93. The van der Waals surface area contributed by atoms with Gasteiger partial charge in [-0.1, -0.05) is 37.3 Å². The Labute approximate surface area is 106 Å². The fraction of sp³-hybridized carbons (Fsp3) is 0.154. The summed E-state index contributed by atoms with van der Waals surface area (Å²) >= 11 is 0. The maximum atomic E-state index is 6.04. The van der Waals surface area contributed by atoms with E-state index in [2.05, 4.69) is 29.5 Å². The molecule has 0 amide bonds. The third-order valence-electron chi connectivity index (χ3n) is 3.01. The summed E-state index contributed by atoms with van der Waals surface area (Å²) in [7, 11) is 0. The lowest BCUT2D eigenvalue weighted by Crippen LogP contribution is -2.14. The number of benzene rings is 1. The molecule has 1 aromatic heterocycles. The number of hydrazine groups is 1. The van der Waals surface area contributed by atoms with Crippen molar-refractivity contribution in [1.29, 1.82) is 0 Å². The molecule has 0 fully saturated rings. The lowest BCUT2D eigenvalue weighted by atomic mass is 9.92. The summed E-state index contributed by atoms with van der Waals surface area (Å²) in [6.45, 7) is 2.07. The highest BCUT2D eigenvalue weighted by molar-refractivity contribution is 5.69. The average molecular weight is 243 g/mol. The molecule has 5 heteroatoms. The van der Waals surface area contributed by atoms with E-state index in [0.29, 0.717) is 17.3 Å². The van der Waals surface area contributed by atoms with Crippen molar-refractivity contribution in [1.82, 2.24) is 4.98 Å². The zero-order valence-electron chi connectivity index (χ0n) is 10.2. The van der Waals surface area contributed by atoms with Gasteiger partial charge in [0.25, 0.3) is 0 Å². The van der Waals surface area contributed by atoms with Crippen LogP contribution in [0.2, 0.25) is 0 Å². The van der Waals surface area contributed by atoms with Crippen LogP contribution < -0.4 is 22.7 Å². The Morgan fingerprint density at radius 2 is 1.83 bits per heavy atom. The lowest BCUT2D eigenvalue weighted by Gasteiger charge is -2.17. The molecule has 1 atom stereocenters. The van der Waals surface area contributed by atoms with Gasteiger partial charge in [-0.05, 0) is 17.2 Å². The molecule has 7 N–H and O–H groups in total. The van der Waals surface area contributed by atoms with Crippen LogP contribution in [0.5, 0.6) is 0 Å². The van der Waals surface area contributed by atoms with E-state index in [4.69, 9.17) is 17.3 Å². The van der Waals surface area contributed by atoms with Crippen molar-refractivity contribution in [3.05, 3.63) is 47.5 Å². The van der Waals surface area contributed by atoms with Crippen molar-refractivity contribution in [3.63, 3.8) is 0 Å². The fourth-order valence-electron chi connectivity index (χ4n) is 1.98. The normalized spacial score (nSPS) is 12.1. The van der Waals surface area contributed by atoms with Gasteiger partial charge in [0.05, 0.1) is 5.69 Å². The SMILES string of the molecule is CC(c1ccccc1)c1cc(N)nc(NN)c1N. The largest absolute Gasteiger partial charge is 0.395 e. The van der Waals surface area contributed by atoms with E-state index < -0.39 is 0 Å². The summed E-state index contributed by atoms with van der Waals surface area (Å²) in [6.07, 6.45) is 0. The molecule has 2 rings (SSSR count). The van der Waals surface area contributed by atoms with Crippen molar-refractivity contribution in [2.24, 2.45) is 5.84 Å². The van der Waals surface area contributed by atoms with E-state index in [1.54, 1.807) is 6.07 Å². The molecular formula is C13H17N5. The van der Waals surface area contributed by atoms with Gasteiger partial charge in [-0.2, -0.15) is 0 Å². The summed E-state index contributed by atoms with van der Waals surface area (Å²) in [4.78, 5) is 4.04. The van der Waals surface area contributed by atoms with E-state index in [0.717, 1.165) is 11.1 Å². The quantitative estimate of drug-likeness (QED) is 0.485. The number of nitrogens with two attached hydrogens (primary N) is 3. The second-order valence-electron chi connectivity index (χ2n) is 4.18. The number of pyridine rings is 1. The van der Waals surface area contributed by atoms with Gasteiger partial charge in [0.15, 0.2) is 5.82 Å². The fourth-order valence-corrected chi connectivity index (χ4v) is 1.98. The van der Waals surface area contributed by atoms with Crippen LogP contribution in [0.1, 0.15) is 24.0 Å². The van der Waals surface area contributed by atoms with Crippen LogP contribution in [0.4, 0.5) is 17.3 Å². The van der Waals surface area contributed by atoms with Gasteiger partial charge in [0, 0.05) is 5.92 Å². The standard InChI is InChI=1S/C13H17N5/c1-8(9-5-3-2-4-6-9)10-7-11(14)17-13(18-16)12(10)15/h2-8H,15-16H2,1H3,(H3,14,17,18). The minimum atomic E-state index is 0.128. The number of anilines is 3. The average Bonchev–Trinajstić information content (AvgIpc) is 2.41. The molecule has 2 aromatic rings. The number of aromatic nitrogens is 1. The molecule has 1 heterocycles. The highest BCUT2D eigenvalue weighted by Gasteiger charge is 2.15. The summed E-state index contributed by atoms with van der Waals surface area (Å²) in [5.74, 6) is 6.32. The Hall–Kier alpha value is -2.27. The summed E-state index contributed by atoms with van der Waals surface area (Å²) in [5, 5.41) is 0. The first-order valence-corrected chi connectivity index (χ1v) is 5.71. The first kappa shape index (κ1) is 12.2. The number of nitrogens with one attached hydrogen (secondary N) is 1. The van der Waals surface area contributed by atoms with Gasteiger partial charge in [0.1, 0.15) is 5.82 Å². The zero-order chi connectivity index (χ0) is 13.1. The van der Waals surface area contributed by atoms with Crippen LogP contribution in [0, 0.1) is 0 Å². The van der Waals surface area contributed by atoms with Crippen molar-refractivity contribution < 1.29 is 0 Å². The van der Waals surface area contributed by atoms with Crippen LogP contribution in [0.25, 0.3) is 0 Å². The molecule has 5 nitrogen and oxygen atoms in total. The minimum absolute atomic E-state index is 0.128. The van der Waals surface area contributed by atoms with Gasteiger partial charge in [-0.3, -0.25) is 0 Å². The van der Waals surface area contributed by atoms with Crippen molar-refractivity contribution in [2.75, 3.05) is 16.9 Å². The highest BCUT2D eigenvalue weighted by Crippen LogP contribution is 2.32. The summed E-state index contributed by atoms with van der Waals surface area (Å²) < 4.78 is 0. The second-order valence-corrected chi connectivity index (χ2v) is 4.18. The monoisotopic (exact) mass is 243 g/mol. The molecule has 0 aliphatic rings. The van der Waals surface area contributed by atoms with Gasteiger partial charge >= 0.3 is 0 Å². The molecule has 0 radical (unpaired) electrons. The molecule has 0 saturated carbocycles. The van der Waals surface area contributed by atoms with Gasteiger partial charge in [-0.15, -0.1) is 0 Å². The number of nitrogens with zero attached hydrogens (tertiary/aromatic N) is 1. The summed E-state index contributed by atoms with van der Waals surface area (Å²) in [5.41, 5.74) is 16.9. The zero-order valence-corrected chi connectivity index (χ0v) is 10.2. The Balaban J connectivity index is 2.48. The van der Waals surface area contributed by atoms with Crippen LogP contribution in [-0.4, -0.2) is 4.98 Å². The Morgan fingerprint density at radius 3 is 2.44 bits per heavy atom. The van der Waals surface area contributed by atoms with E-state index in [9.17, 15) is 0 Å². The molecule has 0 bridgehead atoms. The van der Waals surface area contributed by atoms with E-state index >= 15 is 0 Å². The molecule has 0 aliphatic heterocycles. The molecule has 1 unspecified atom stereocenters. The van der Waals surface area contributed by atoms with E-state index in [1.165, 1.54) is 0 Å². The summed E-state index contributed by atoms with van der Waals surface area (Å²) in [6, 6.07) is 11.9. The van der Waals surface area contributed by atoms with E-state index in [1.807, 2.05) is 18.2 Å². The first-order valence-electron chi connectivity index (χ1n) is 5.71. The third-order valence-corrected chi connectivity index (χ3v) is 3.01. The predicted molar refractivity (Wildman–Crippen MR) is 74.8 cm³/mol. The maximum absolute atomic E-state index is 6.04. The topological polar surface area (TPSA) is 103 Å². The number of rotatable bonds is 3. The van der Waals surface area contributed by atoms with Gasteiger partial charge in [-0.25, -0.2) is 10.8 Å². The van der Waals surface area contributed by atoms with Crippen LogP contribution in [0.15, 0.2) is 36.4 Å². The number of nitrogen functional groups attached to an aromatic ring is 3. The molecule has 0 aliphatic carbocycles. The molecule has 94 valence electrons. The van der Waals surface area contributed by atoms with Crippen molar-refractivity contribution in [2.45, 2.75) is 12.8 Å². The van der Waals surface area contributed by atoms with Gasteiger partial charge < -0.3 is 16.9 Å². The van der Waals surface area contributed by atoms with E-state index in [-0.39, 0.29) is 5.92 Å². The smallest absolute Gasteiger partial charge is 0.165 e. The first-order chi connectivity index (χ1) is 8.63. The Kier molecular flexibility index (Phi) is 3.34. The number of hydrogen-bond acceptors (Lipinski definition) is 5. The third kappa shape index (κ3) is 2.21. The lowest BCUT2D eigenvalue weighted by molar-refractivity contribution is 0.922. The molecule has 0 saturated heterocycles. The highest BCUT2D eigenvalue weighted by atomic mass is 15.3. The molecule has 1 aromatic carbocycles. The Bertz CT molecular complexity index is 539. The minimum Gasteiger partial charge on any atom is -0.395 e. The molecular weight excluding hydrogens is 226 g/mol. The van der Waals surface area contributed by atoms with Crippen LogP contribution >= 0.6 is 0 Å². The van der Waals surface area contributed by atoms with Crippen LogP contribution in [0.3, 0.4) is 0 Å². The van der Waals surface area contributed by atoms with Crippen molar-refractivity contribution in [3.8, 4) is 0 Å². The molecule has 18 heavy (non-hydrogen) atoms. The van der Waals surface area contributed by atoms with Gasteiger partial charge in [0.2, 0.25) is 0 Å². The number of hydrogen-bond donors (Lipinski definition) is 4. The maximum Gasteiger partial charge on any atom is 0.165 e. The predicted octanol–water partition coefficient (Wildman–Crippen LogP) is 1.68. The van der Waals surface area contributed by atoms with Crippen LogP contribution in [-0.2, 0) is 0 Å². The van der Waals surface area contributed by atoms with Crippen molar-refractivity contribution >= 4 is 17.3 Å². The molecule has 0 spiro atoms. The Morgan fingerprint density at radius 1 is 1.17 bits per heavy atom.